The van der Waals surface area contributed by atoms with Crippen LogP contribution in [0.5, 0.6) is 5.75 Å². The molecular formula is C15H16N4O4. The van der Waals surface area contributed by atoms with Crippen molar-refractivity contribution in [2.45, 2.75) is 6.54 Å². The highest BCUT2D eigenvalue weighted by atomic mass is 16.5. The van der Waals surface area contributed by atoms with E-state index >= 15 is 0 Å². The Labute approximate surface area is 132 Å². The quantitative estimate of drug-likeness (QED) is 0.747. The number of carbonyl (C=O) groups excluding carboxylic acids is 2. The van der Waals surface area contributed by atoms with Gasteiger partial charge in [-0.15, -0.1) is 0 Å². The largest absolute Gasteiger partial charge is 0.497 e. The number of esters is 1. The van der Waals surface area contributed by atoms with Crippen molar-refractivity contribution in [3.8, 4) is 5.75 Å². The maximum absolute atomic E-state index is 11.7. The summed E-state index contributed by atoms with van der Waals surface area (Å²) in [4.78, 5) is 30.9. The number of anilines is 1. The van der Waals surface area contributed by atoms with Gasteiger partial charge in [0.2, 0.25) is 0 Å². The molecule has 1 aromatic carbocycles. The topological polar surface area (TPSA) is 116 Å². The molecule has 0 spiro atoms. The van der Waals surface area contributed by atoms with Gasteiger partial charge in [-0.3, -0.25) is 4.79 Å². The summed E-state index contributed by atoms with van der Waals surface area (Å²) in [7, 11) is 1.56. The molecule has 23 heavy (non-hydrogen) atoms. The fraction of sp³-hybridized carbons (Fsp3) is 0.200. The van der Waals surface area contributed by atoms with Gasteiger partial charge in [-0.25, -0.2) is 14.8 Å². The maximum Gasteiger partial charge on any atom is 0.361 e. The summed E-state index contributed by atoms with van der Waals surface area (Å²) >= 11 is 0. The Balaban J connectivity index is 1.81. The van der Waals surface area contributed by atoms with E-state index in [4.69, 9.17) is 15.2 Å². The normalized spacial score (nSPS) is 9.96. The van der Waals surface area contributed by atoms with E-state index in [1.54, 1.807) is 19.2 Å². The lowest BCUT2D eigenvalue weighted by molar-refractivity contribution is -0.124. The van der Waals surface area contributed by atoms with Crippen molar-refractivity contribution in [1.82, 2.24) is 15.3 Å². The van der Waals surface area contributed by atoms with Crippen LogP contribution in [0.15, 0.2) is 36.7 Å². The summed E-state index contributed by atoms with van der Waals surface area (Å²) in [6.45, 7) is -0.139. The number of hydrogen-bond acceptors (Lipinski definition) is 7. The van der Waals surface area contributed by atoms with Crippen LogP contribution in [0, 0.1) is 0 Å². The molecule has 8 nitrogen and oxygen atoms in total. The molecule has 0 saturated heterocycles. The summed E-state index contributed by atoms with van der Waals surface area (Å²) in [5, 5.41) is 2.63. The van der Waals surface area contributed by atoms with E-state index in [0.717, 1.165) is 5.56 Å². The zero-order valence-corrected chi connectivity index (χ0v) is 12.5. The van der Waals surface area contributed by atoms with Gasteiger partial charge in [-0.05, 0) is 17.7 Å². The van der Waals surface area contributed by atoms with Gasteiger partial charge in [-0.1, -0.05) is 12.1 Å². The molecule has 0 aliphatic rings. The minimum absolute atomic E-state index is 0.0470. The smallest absolute Gasteiger partial charge is 0.361 e. The van der Waals surface area contributed by atoms with Gasteiger partial charge in [0.25, 0.3) is 5.91 Å². The predicted molar refractivity (Wildman–Crippen MR) is 81.6 cm³/mol. The lowest BCUT2D eigenvalue weighted by atomic mass is 10.2. The second-order valence-electron chi connectivity index (χ2n) is 4.49. The van der Waals surface area contributed by atoms with Crippen LogP contribution in [-0.4, -0.2) is 35.6 Å². The van der Waals surface area contributed by atoms with Crippen LogP contribution < -0.4 is 15.8 Å². The zero-order valence-electron chi connectivity index (χ0n) is 12.5. The van der Waals surface area contributed by atoms with E-state index in [9.17, 15) is 9.59 Å². The molecule has 0 radical (unpaired) electrons. The van der Waals surface area contributed by atoms with Gasteiger partial charge in [-0.2, -0.15) is 0 Å². The molecule has 1 heterocycles. The summed E-state index contributed by atoms with van der Waals surface area (Å²) in [5.74, 6) is -0.591. The first-order valence-corrected chi connectivity index (χ1v) is 6.73. The van der Waals surface area contributed by atoms with Gasteiger partial charge in [0.15, 0.2) is 18.1 Å². The highest BCUT2D eigenvalue weighted by Gasteiger charge is 2.15. The Hall–Kier alpha value is -3.16. The van der Waals surface area contributed by atoms with Gasteiger partial charge >= 0.3 is 5.97 Å². The highest BCUT2D eigenvalue weighted by Crippen LogP contribution is 2.12. The SMILES string of the molecule is COc1cccc(CNC(=O)COC(=O)c2nccnc2N)c1. The number of nitrogens with zero attached hydrogens (tertiary/aromatic N) is 2. The summed E-state index contributed by atoms with van der Waals surface area (Å²) in [6, 6.07) is 7.26. The molecule has 0 unspecified atom stereocenters. The number of carbonyl (C=O) groups is 2. The van der Waals surface area contributed by atoms with Crippen molar-refractivity contribution in [2.24, 2.45) is 0 Å². The molecule has 0 aliphatic carbocycles. The van der Waals surface area contributed by atoms with Gasteiger partial charge in [0.1, 0.15) is 5.75 Å². The first-order chi connectivity index (χ1) is 11.1. The Morgan fingerprint density at radius 2 is 2.04 bits per heavy atom. The molecule has 8 heteroatoms. The lowest BCUT2D eigenvalue weighted by Crippen LogP contribution is -2.28. The molecule has 120 valence electrons. The van der Waals surface area contributed by atoms with Crippen LogP contribution in [0.2, 0.25) is 0 Å². The zero-order chi connectivity index (χ0) is 16.7. The van der Waals surface area contributed by atoms with Crippen molar-refractivity contribution in [2.75, 3.05) is 19.5 Å². The van der Waals surface area contributed by atoms with Gasteiger partial charge in [0, 0.05) is 18.9 Å². The van der Waals surface area contributed by atoms with E-state index in [-0.39, 0.29) is 11.5 Å². The van der Waals surface area contributed by atoms with Crippen LogP contribution in [-0.2, 0) is 16.1 Å². The lowest BCUT2D eigenvalue weighted by Gasteiger charge is -2.08. The number of ether oxygens (including phenoxy) is 2. The molecule has 0 fully saturated rings. The Kier molecular flexibility index (Phi) is 5.45. The van der Waals surface area contributed by atoms with Crippen LogP contribution in [0.1, 0.15) is 16.1 Å². The predicted octanol–water partition coefficient (Wildman–Crippen LogP) is 0.541. The third-order valence-electron chi connectivity index (χ3n) is 2.88. The standard InChI is InChI=1S/C15H16N4O4/c1-22-11-4-2-3-10(7-11)8-19-12(20)9-23-15(21)13-14(16)18-6-5-17-13/h2-7H,8-9H2,1H3,(H2,16,18)(H,19,20). The van der Waals surface area contributed by atoms with E-state index in [1.165, 1.54) is 12.4 Å². The number of methoxy groups -OCH3 is 1. The first kappa shape index (κ1) is 16.2. The number of aromatic nitrogens is 2. The molecule has 2 rings (SSSR count). The van der Waals surface area contributed by atoms with E-state index in [0.29, 0.717) is 12.3 Å². The summed E-state index contributed by atoms with van der Waals surface area (Å²) < 4.78 is 9.94. The molecule has 0 saturated carbocycles. The van der Waals surface area contributed by atoms with Crippen molar-refractivity contribution < 1.29 is 19.1 Å². The van der Waals surface area contributed by atoms with Gasteiger partial charge in [0.05, 0.1) is 7.11 Å². The second-order valence-corrected chi connectivity index (χ2v) is 4.49. The molecular weight excluding hydrogens is 300 g/mol. The first-order valence-electron chi connectivity index (χ1n) is 6.73. The number of nitrogens with one attached hydrogen (secondary N) is 1. The average molecular weight is 316 g/mol. The fourth-order valence-electron chi connectivity index (χ4n) is 1.74. The number of hydrogen-bond donors (Lipinski definition) is 2. The van der Waals surface area contributed by atoms with Crippen molar-refractivity contribution >= 4 is 17.7 Å². The molecule has 0 bridgehead atoms. The average Bonchev–Trinajstić information content (AvgIpc) is 2.58. The summed E-state index contributed by atoms with van der Waals surface area (Å²) in [6.07, 6.45) is 2.67. The van der Waals surface area contributed by atoms with Crippen molar-refractivity contribution in [3.05, 3.63) is 47.9 Å². The molecule has 0 aliphatic heterocycles. The highest BCUT2D eigenvalue weighted by molar-refractivity contribution is 5.93. The molecule has 2 aromatic rings. The minimum atomic E-state index is -0.799. The van der Waals surface area contributed by atoms with Crippen LogP contribution in [0.3, 0.4) is 0 Å². The van der Waals surface area contributed by atoms with Crippen LogP contribution in [0.4, 0.5) is 5.82 Å². The van der Waals surface area contributed by atoms with E-state index < -0.39 is 18.5 Å². The number of nitrogens with two attached hydrogens (primary N) is 1. The maximum atomic E-state index is 11.7. The monoisotopic (exact) mass is 316 g/mol. The van der Waals surface area contributed by atoms with Crippen molar-refractivity contribution in [3.63, 3.8) is 0 Å². The Morgan fingerprint density at radius 3 is 2.78 bits per heavy atom. The van der Waals surface area contributed by atoms with E-state index in [2.05, 4.69) is 15.3 Å². The van der Waals surface area contributed by atoms with Crippen LogP contribution >= 0.6 is 0 Å². The number of amides is 1. The second kappa shape index (κ2) is 7.74. The van der Waals surface area contributed by atoms with Crippen LogP contribution in [0.25, 0.3) is 0 Å². The number of nitrogen functional groups attached to an aromatic ring is 1. The summed E-state index contributed by atoms with van der Waals surface area (Å²) in [5.41, 5.74) is 6.25. The Bertz CT molecular complexity index is 705. The molecule has 0 atom stereocenters. The number of rotatable bonds is 6. The third kappa shape index (κ3) is 4.67. The van der Waals surface area contributed by atoms with Gasteiger partial charge < -0.3 is 20.5 Å². The molecule has 1 aromatic heterocycles. The number of benzene rings is 1. The minimum Gasteiger partial charge on any atom is -0.497 e. The Morgan fingerprint density at radius 1 is 1.26 bits per heavy atom. The molecule has 3 N–H and O–H groups in total. The van der Waals surface area contributed by atoms with Crippen molar-refractivity contribution in [1.29, 1.82) is 0 Å². The van der Waals surface area contributed by atoms with E-state index in [1.807, 2.05) is 12.1 Å². The molecule has 1 amide bonds. The third-order valence-corrected chi connectivity index (χ3v) is 2.88. The fourth-order valence-corrected chi connectivity index (χ4v) is 1.74.